The summed E-state index contributed by atoms with van der Waals surface area (Å²) in [6.07, 6.45) is 4.81. The summed E-state index contributed by atoms with van der Waals surface area (Å²) >= 11 is 3.37. The van der Waals surface area contributed by atoms with Crippen LogP contribution in [-0.2, 0) is 6.54 Å². The van der Waals surface area contributed by atoms with Crippen LogP contribution in [0.5, 0.6) is 0 Å². The first-order chi connectivity index (χ1) is 8.65. The van der Waals surface area contributed by atoms with Crippen molar-refractivity contribution in [3.05, 3.63) is 34.1 Å². The van der Waals surface area contributed by atoms with E-state index in [9.17, 15) is 4.39 Å². The molecule has 6 heteroatoms. The maximum Gasteiger partial charge on any atom is 0.189 e. The molecule has 0 spiro atoms. The molecule has 1 fully saturated rings. The number of aliphatic imine (C=N–C) groups is 1. The summed E-state index contributed by atoms with van der Waals surface area (Å²) in [7, 11) is 0. The molecule has 0 heterocycles. The highest BCUT2D eigenvalue weighted by atomic mass is 127. The van der Waals surface area contributed by atoms with Gasteiger partial charge < -0.3 is 11.1 Å². The van der Waals surface area contributed by atoms with E-state index in [2.05, 4.69) is 26.2 Å². The number of benzene rings is 1. The third kappa shape index (κ3) is 5.25. The fourth-order valence-corrected chi connectivity index (χ4v) is 2.53. The largest absolute Gasteiger partial charge is 0.370 e. The summed E-state index contributed by atoms with van der Waals surface area (Å²) in [4.78, 5) is 4.25. The third-order valence-corrected chi connectivity index (χ3v) is 3.91. The number of guanidine groups is 1. The van der Waals surface area contributed by atoms with Gasteiger partial charge in [0.05, 0.1) is 6.54 Å². The van der Waals surface area contributed by atoms with Gasteiger partial charge in [-0.05, 0) is 36.6 Å². The molecule has 106 valence electrons. The Labute approximate surface area is 138 Å². The molecule has 1 saturated carbocycles. The Morgan fingerprint density at radius 2 is 2.11 bits per heavy atom. The molecule has 0 amide bonds. The fourth-order valence-electron chi connectivity index (χ4n) is 2.16. The van der Waals surface area contributed by atoms with Crippen LogP contribution in [0.3, 0.4) is 0 Å². The lowest BCUT2D eigenvalue weighted by Crippen LogP contribution is -2.38. The van der Waals surface area contributed by atoms with Gasteiger partial charge in [0.25, 0.3) is 0 Å². The first kappa shape index (κ1) is 16.7. The summed E-state index contributed by atoms with van der Waals surface area (Å²) in [5.74, 6) is 0.184. The third-order valence-electron chi connectivity index (χ3n) is 3.13. The average molecular weight is 442 g/mol. The van der Waals surface area contributed by atoms with Crippen LogP contribution >= 0.6 is 39.9 Å². The smallest absolute Gasteiger partial charge is 0.189 e. The first-order valence-corrected chi connectivity index (χ1v) is 6.95. The van der Waals surface area contributed by atoms with Gasteiger partial charge in [0.1, 0.15) is 5.82 Å². The molecule has 1 aromatic rings. The Balaban J connectivity index is 0.00000180. The van der Waals surface area contributed by atoms with Crippen molar-refractivity contribution in [3.63, 3.8) is 0 Å². The van der Waals surface area contributed by atoms with E-state index in [4.69, 9.17) is 5.73 Å². The second-order valence-electron chi connectivity index (χ2n) is 4.56. The summed E-state index contributed by atoms with van der Waals surface area (Å²) in [6, 6.07) is 5.01. The topological polar surface area (TPSA) is 50.4 Å². The Hall–Kier alpha value is -0.370. The Morgan fingerprint density at radius 1 is 1.42 bits per heavy atom. The number of nitrogens with two attached hydrogens (primary N) is 1. The number of rotatable bonds is 3. The molecule has 0 radical (unpaired) electrons. The first-order valence-electron chi connectivity index (χ1n) is 6.15. The lowest BCUT2D eigenvalue weighted by molar-refractivity contribution is 0.621. The molecule has 19 heavy (non-hydrogen) atoms. The average Bonchev–Trinajstić information content (AvgIpc) is 2.83. The van der Waals surface area contributed by atoms with Gasteiger partial charge in [0.15, 0.2) is 5.96 Å². The molecule has 3 N–H and O–H groups in total. The highest BCUT2D eigenvalue weighted by molar-refractivity contribution is 14.0. The van der Waals surface area contributed by atoms with Crippen LogP contribution in [0.2, 0.25) is 0 Å². The van der Waals surface area contributed by atoms with Gasteiger partial charge >= 0.3 is 0 Å². The van der Waals surface area contributed by atoms with Gasteiger partial charge in [0, 0.05) is 10.5 Å². The molecule has 1 aliphatic rings. The minimum atomic E-state index is -0.259. The van der Waals surface area contributed by atoms with E-state index >= 15 is 0 Å². The Bertz CT molecular complexity index is 448. The molecular formula is C13H18BrFIN3. The van der Waals surface area contributed by atoms with Crippen LogP contribution in [-0.4, -0.2) is 12.0 Å². The predicted octanol–water partition coefficient (Wildman–Crippen LogP) is 3.55. The van der Waals surface area contributed by atoms with Crippen LogP contribution in [0.1, 0.15) is 31.2 Å². The second-order valence-corrected chi connectivity index (χ2v) is 5.42. The Morgan fingerprint density at radius 3 is 2.79 bits per heavy atom. The van der Waals surface area contributed by atoms with Crippen LogP contribution in [0, 0.1) is 5.82 Å². The molecule has 0 aromatic heterocycles. The maximum atomic E-state index is 13.1. The van der Waals surface area contributed by atoms with E-state index in [0.29, 0.717) is 18.5 Å². The number of hydrogen-bond donors (Lipinski definition) is 2. The van der Waals surface area contributed by atoms with Crippen molar-refractivity contribution < 1.29 is 4.39 Å². The van der Waals surface area contributed by atoms with Crippen molar-refractivity contribution in [2.45, 2.75) is 38.3 Å². The number of nitrogens with zero attached hydrogens (tertiary/aromatic N) is 1. The molecule has 2 rings (SSSR count). The summed E-state index contributed by atoms with van der Waals surface area (Å²) in [5, 5.41) is 3.20. The lowest BCUT2D eigenvalue weighted by atomic mass is 10.2. The van der Waals surface area contributed by atoms with Gasteiger partial charge in [0.2, 0.25) is 0 Å². The summed E-state index contributed by atoms with van der Waals surface area (Å²) in [6.45, 7) is 0.379. The van der Waals surface area contributed by atoms with E-state index < -0.39 is 0 Å². The molecule has 3 nitrogen and oxygen atoms in total. The molecular weight excluding hydrogens is 424 g/mol. The van der Waals surface area contributed by atoms with E-state index in [1.807, 2.05) is 0 Å². The number of halogens is 3. The zero-order chi connectivity index (χ0) is 13.0. The lowest BCUT2D eigenvalue weighted by Gasteiger charge is -2.12. The van der Waals surface area contributed by atoms with Crippen molar-refractivity contribution in [1.29, 1.82) is 0 Å². The standard InChI is InChI=1S/C13H17BrFN3.HI/c14-12-6-5-10(15)7-9(12)8-17-13(16)18-11-3-1-2-4-11;/h5-7,11H,1-4,8H2,(H3,16,17,18);1H. The van der Waals surface area contributed by atoms with Crippen molar-refractivity contribution in [2.24, 2.45) is 10.7 Å². The van der Waals surface area contributed by atoms with Crippen LogP contribution in [0.15, 0.2) is 27.7 Å². The molecule has 1 aromatic carbocycles. The Kier molecular flexibility index (Phi) is 7.06. The minimum Gasteiger partial charge on any atom is -0.370 e. The quantitative estimate of drug-likeness (QED) is 0.428. The van der Waals surface area contributed by atoms with Gasteiger partial charge in [-0.1, -0.05) is 28.8 Å². The second kappa shape index (κ2) is 8.04. The molecule has 1 aliphatic carbocycles. The minimum absolute atomic E-state index is 0. The fraction of sp³-hybridized carbons (Fsp3) is 0.462. The van der Waals surface area contributed by atoms with Gasteiger partial charge in [-0.2, -0.15) is 0 Å². The van der Waals surface area contributed by atoms with Crippen LogP contribution in [0.25, 0.3) is 0 Å². The van der Waals surface area contributed by atoms with Crippen molar-refractivity contribution >= 4 is 45.9 Å². The zero-order valence-electron chi connectivity index (χ0n) is 10.5. The highest BCUT2D eigenvalue weighted by Crippen LogP contribution is 2.19. The van der Waals surface area contributed by atoms with Crippen LogP contribution in [0.4, 0.5) is 4.39 Å². The molecule has 0 unspecified atom stereocenters. The van der Waals surface area contributed by atoms with E-state index in [0.717, 1.165) is 22.9 Å². The van der Waals surface area contributed by atoms with E-state index in [-0.39, 0.29) is 29.8 Å². The molecule has 0 saturated heterocycles. The monoisotopic (exact) mass is 441 g/mol. The maximum absolute atomic E-state index is 13.1. The predicted molar refractivity (Wildman–Crippen MR) is 90.2 cm³/mol. The van der Waals surface area contributed by atoms with Crippen LogP contribution < -0.4 is 11.1 Å². The highest BCUT2D eigenvalue weighted by Gasteiger charge is 2.14. The van der Waals surface area contributed by atoms with Crippen molar-refractivity contribution in [3.8, 4) is 0 Å². The van der Waals surface area contributed by atoms with Gasteiger partial charge in [-0.15, -0.1) is 24.0 Å². The SMILES string of the molecule is I.NC(=NCc1cc(F)ccc1Br)NC1CCCC1. The number of hydrogen-bond acceptors (Lipinski definition) is 1. The van der Waals surface area contributed by atoms with Crippen molar-refractivity contribution in [1.82, 2.24) is 5.32 Å². The molecule has 0 aliphatic heterocycles. The summed E-state index contributed by atoms with van der Waals surface area (Å²) < 4.78 is 13.9. The summed E-state index contributed by atoms with van der Waals surface area (Å²) in [5.41, 5.74) is 6.62. The molecule has 0 bridgehead atoms. The van der Waals surface area contributed by atoms with E-state index in [1.54, 1.807) is 6.07 Å². The van der Waals surface area contributed by atoms with Gasteiger partial charge in [-0.3, -0.25) is 0 Å². The zero-order valence-corrected chi connectivity index (χ0v) is 14.5. The van der Waals surface area contributed by atoms with E-state index in [1.165, 1.54) is 25.0 Å². The normalized spacial score (nSPS) is 16.2. The molecule has 0 atom stereocenters. The van der Waals surface area contributed by atoms with Crippen molar-refractivity contribution in [2.75, 3.05) is 0 Å². The number of nitrogens with one attached hydrogen (secondary N) is 1. The van der Waals surface area contributed by atoms with Gasteiger partial charge in [-0.25, -0.2) is 9.38 Å².